The molecule has 0 bridgehead atoms. The molecule has 0 heterocycles. The maximum Gasteiger partial charge on any atom is 0.0857 e. The van der Waals surface area contributed by atoms with Crippen LogP contribution in [-0.4, -0.2) is 11.0 Å². The summed E-state index contributed by atoms with van der Waals surface area (Å²) in [7, 11) is 0. The fourth-order valence-corrected chi connectivity index (χ4v) is 4.90. The molecule has 2 unspecified atom stereocenters. The summed E-state index contributed by atoms with van der Waals surface area (Å²) in [5.74, 6) is 0. The van der Waals surface area contributed by atoms with Crippen molar-refractivity contribution in [3.05, 3.63) is 0 Å². The predicted molar refractivity (Wildman–Crippen MR) is 83.3 cm³/mol. The van der Waals surface area contributed by atoms with Gasteiger partial charge in [-0.05, 0) is 32.1 Å². The first kappa shape index (κ1) is 15.9. The van der Waals surface area contributed by atoms with Gasteiger partial charge in [-0.3, -0.25) is 0 Å². The number of halogens is 2. The molecule has 2 atom stereocenters. The van der Waals surface area contributed by atoms with Gasteiger partial charge in [0.05, 0.1) is 11.0 Å². The van der Waals surface area contributed by atoms with Gasteiger partial charge in [-0.2, -0.15) is 0 Å². The van der Waals surface area contributed by atoms with Crippen molar-refractivity contribution >= 4 is 23.2 Å². The van der Waals surface area contributed by atoms with E-state index in [9.17, 15) is 0 Å². The lowest BCUT2D eigenvalue weighted by Gasteiger charge is -2.49. The summed E-state index contributed by atoms with van der Waals surface area (Å²) in [6, 6.07) is 0. The van der Waals surface area contributed by atoms with Crippen LogP contribution in [0.5, 0.6) is 0 Å². The molecule has 112 valence electrons. The van der Waals surface area contributed by atoms with Crippen LogP contribution in [0, 0.1) is 10.8 Å². The molecular formula is C15H28Cl2N2. The van der Waals surface area contributed by atoms with Crippen molar-refractivity contribution in [3.63, 3.8) is 0 Å². The Hall–Kier alpha value is 0.500. The highest BCUT2D eigenvalue weighted by Gasteiger charge is 2.47. The molecule has 0 amide bonds. The van der Waals surface area contributed by atoms with Crippen LogP contribution >= 0.6 is 23.2 Å². The highest BCUT2D eigenvalue weighted by molar-refractivity contribution is 6.21. The van der Waals surface area contributed by atoms with Crippen LogP contribution in [0.15, 0.2) is 0 Å². The molecule has 0 aromatic heterocycles. The Bertz CT molecular complexity index is 252. The van der Waals surface area contributed by atoms with E-state index in [1.54, 1.807) is 0 Å². The zero-order chi connectivity index (χ0) is 13.9. The van der Waals surface area contributed by atoms with Gasteiger partial charge >= 0.3 is 0 Å². The molecule has 19 heavy (non-hydrogen) atoms. The van der Waals surface area contributed by atoms with E-state index in [0.29, 0.717) is 0 Å². The van der Waals surface area contributed by atoms with Gasteiger partial charge < -0.3 is 11.5 Å². The van der Waals surface area contributed by atoms with E-state index in [0.717, 1.165) is 32.1 Å². The van der Waals surface area contributed by atoms with Crippen LogP contribution in [0.4, 0.5) is 0 Å². The lowest BCUT2D eigenvalue weighted by atomic mass is 9.60. The third kappa shape index (κ3) is 3.40. The lowest BCUT2D eigenvalue weighted by molar-refractivity contribution is 0.0499. The molecule has 4 N–H and O–H groups in total. The summed E-state index contributed by atoms with van der Waals surface area (Å²) in [6.45, 7) is 0. The number of nitrogens with two attached hydrogens (primary N) is 2. The van der Waals surface area contributed by atoms with Crippen molar-refractivity contribution in [2.24, 2.45) is 22.3 Å². The van der Waals surface area contributed by atoms with Crippen molar-refractivity contribution in [1.29, 1.82) is 0 Å². The molecule has 2 aliphatic carbocycles. The Kier molecular flexibility index (Phi) is 5.44. The molecule has 0 aromatic rings. The van der Waals surface area contributed by atoms with Gasteiger partial charge in [-0.15, -0.1) is 23.2 Å². The van der Waals surface area contributed by atoms with Crippen molar-refractivity contribution in [2.45, 2.75) is 81.6 Å². The predicted octanol–water partition coefficient (Wildman–Crippen LogP) is 4.32. The molecule has 2 saturated carbocycles. The molecule has 2 nitrogen and oxygen atoms in total. The Morgan fingerprint density at radius 2 is 1.00 bits per heavy atom. The molecular weight excluding hydrogens is 279 g/mol. The average molecular weight is 307 g/mol. The van der Waals surface area contributed by atoms with Crippen LogP contribution in [-0.2, 0) is 0 Å². The fourth-order valence-electron chi connectivity index (χ4n) is 4.31. The van der Waals surface area contributed by atoms with E-state index in [1.807, 2.05) is 0 Å². The summed E-state index contributed by atoms with van der Waals surface area (Å²) in [4.78, 5) is 0. The fraction of sp³-hybridized carbons (Fsp3) is 1.00. The van der Waals surface area contributed by atoms with E-state index < -0.39 is 0 Å². The molecule has 0 spiro atoms. The Balaban J connectivity index is 2.17. The minimum Gasteiger partial charge on any atom is -0.315 e. The van der Waals surface area contributed by atoms with Gasteiger partial charge in [0.25, 0.3) is 0 Å². The minimum absolute atomic E-state index is 0.0592. The standard InChI is InChI=1S/C15H28Cl2N2/c16-12(18)14(7-3-1-4-8-14)11-15(13(17)19)9-5-2-6-10-15/h12-13H,1-11,18-19H2. The van der Waals surface area contributed by atoms with Gasteiger partial charge in [-0.1, -0.05) is 38.5 Å². The molecule has 0 saturated heterocycles. The second-order valence-corrected chi connectivity index (χ2v) is 7.77. The molecule has 2 rings (SSSR count). The Morgan fingerprint density at radius 3 is 1.26 bits per heavy atom. The summed E-state index contributed by atoms with van der Waals surface area (Å²) >= 11 is 12.8. The zero-order valence-electron chi connectivity index (χ0n) is 11.8. The van der Waals surface area contributed by atoms with E-state index in [4.69, 9.17) is 34.7 Å². The molecule has 2 fully saturated rings. The molecule has 4 heteroatoms. The van der Waals surface area contributed by atoms with E-state index in [2.05, 4.69) is 0 Å². The van der Waals surface area contributed by atoms with Crippen LogP contribution < -0.4 is 11.5 Å². The largest absolute Gasteiger partial charge is 0.315 e. The van der Waals surface area contributed by atoms with E-state index >= 15 is 0 Å². The minimum atomic E-state index is -0.262. The summed E-state index contributed by atoms with van der Waals surface area (Å²) in [5, 5.41) is 0. The van der Waals surface area contributed by atoms with Gasteiger partial charge in [-0.25, -0.2) is 0 Å². The van der Waals surface area contributed by atoms with Crippen molar-refractivity contribution in [3.8, 4) is 0 Å². The molecule has 0 aliphatic heterocycles. The Labute approximate surface area is 127 Å². The highest BCUT2D eigenvalue weighted by Crippen LogP contribution is 2.54. The second kappa shape index (κ2) is 6.51. The van der Waals surface area contributed by atoms with E-state index in [1.165, 1.54) is 38.5 Å². The number of hydrogen-bond donors (Lipinski definition) is 2. The Morgan fingerprint density at radius 1 is 0.684 bits per heavy atom. The molecule has 0 aromatic carbocycles. The molecule has 2 aliphatic rings. The van der Waals surface area contributed by atoms with Crippen LogP contribution in [0.3, 0.4) is 0 Å². The summed E-state index contributed by atoms with van der Waals surface area (Å²) in [5.41, 5.74) is 11.9. The number of hydrogen-bond acceptors (Lipinski definition) is 2. The third-order valence-corrected chi connectivity index (χ3v) is 6.50. The number of alkyl halides is 2. The molecule has 0 radical (unpaired) electrons. The highest BCUT2D eigenvalue weighted by atomic mass is 35.5. The normalized spacial score (nSPS) is 29.7. The zero-order valence-corrected chi connectivity index (χ0v) is 13.4. The van der Waals surface area contributed by atoms with Crippen LogP contribution in [0.2, 0.25) is 0 Å². The van der Waals surface area contributed by atoms with Crippen LogP contribution in [0.1, 0.15) is 70.6 Å². The monoisotopic (exact) mass is 306 g/mol. The maximum absolute atomic E-state index is 6.39. The first-order valence-corrected chi connectivity index (χ1v) is 8.67. The van der Waals surface area contributed by atoms with Crippen LogP contribution in [0.25, 0.3) is 0 Å². The summed E-state index contributed by atoms with van der Waals surface area (Å²) < 4.78 is 0. The quantitative estimate of drug-likeness (QED) is 0.600. The van der Waals surface area contributed by atoms with Crippen molar-refractivity contribution < 1.29 is 0 Å². The summed E-state index contributed by atoms with van der Waals surface area (Å²) in [6.07, 6.45) is 13.2. The first-order chi connectivity index (χ1) is 9.01. The smallest absolute Gasteiger partial charge is 0.0857 e. The number of rotatable bonds is 4. The van der Waals surface area contributed by atoms with Gasteiger partial charge in [0.2, 0.25) is 0 Å². The van der Waals surface area contributed by atoms with E-state index in [-0.39, 0.29) is 21.8 Å². The van der Waals surface area contributed by atoms with Crippen molar-refractivity contribution in [2.75, 3.05) is 0 Å². The van der Waals surface area contributed by atoms with Gasteiger partial charge in [0.1, 0.15) is 0 Å². The average Bonchev–Trinajstić information content (AvgIpc) is 2.40. The maximum atomic E-state index is 6.39. The third-order valence-electron chi connectivity index (χ3n) is 5.57. The first-order valence-electron chi connectivity index (χ1n) is 7.80. The topological polar surface area (TPSA) is 52.0 Å². The second-order valence-electron chi connectivity index (χ2n) is 6.83. The van der Waals surface area contributed by atoms with Crippen molar-refractivity contribution in [1.82, 2.24) is 0 Å². The SMILES string of the molecule is NC(Cl)C1(CC2(C(N)Cl)CCCCC2)CCCCC1. The van der Waals surface area contributed by atoms with Gasteiger partial charge in [0.15, 0.2) is 0 Å². The van der Waals surface area contributed by atoms with Gasteiger partial charge in [0, 0.05) is 10.8 Å². The lowest BCUT2D eigenvalue weighted by Crippen LogP contribution is -2.49.